The molecule has 164 valence electrons. The van der Waals surface area contributed by atoms with E-state index in [0.717, 1.165) is 4.90 Å². The van der Waals surface area contributed by atoms with E-state index in [9.17, 15) is 25.5 Å². The van der Waals surface area contributed by atoms with Crippen LogP contribution < -0.4 is 11.5 Å². The van der Waals surface area contributed by atoms with Gasteiger partial charge in [-0.25, -0.2) is 0 Å². The van der Waals surface area contributed by atoms with Crippen LogP contribution in [0.1, 0.15) is 0 Å². The fraction of sp³-hybridized carbons (Fsp3) is 0.667. The van der Waals surface area contributed by atoms with E-state index in [1.54, 1.807) is 0 Å². The van der Waals surface area contributed by atoms with E-state index in [-0.39, 0.29) is 0 Å². The summed E-state index contributed by atoms with van der Waals surface area (Å²) in [5.74, 6) is 0. The lowest BCUT2D eigenvalue weighted by molar-refractivity contribution is -0.307. The molecular formula is C18H28N2O8S. The van der Waals surface area contributed by atoms with Crippen molar-refractivity contribution in [3.05, 3.63) is 30.3 Å². The molecule has 0 spiro atoms. The Bertz CT molecular complexity index is 640. The Kier molecular flexibility index (Phi) is 7.87. The second-order valence-electron chi connectivity index (χ2n) is 7.11. The molecule has 2 fully saturated rings. The minimum absolute atomic E-state index is 0.461. The standard InChI is InChI=1S/C18H28N2O8S/c19-11-14(24)13(23)9(6-21)26-17(11)28-16-10(7-22)27-18(12(20)15(16)25)29-8-4-2-1-3-5-8/h1-5,9-18,21-25H,6-7,19-20H2/t9-,10-,11-,12-,13-,14-,15-,16-,17+,18+/m1/s1. The maximum atomic E-state index is 10.7. The van der Waals surface area contributed by atoms with E-state index in [2.05, 4.69) is 0 Å². The summed E-state index contributed by atoms with van der Waals surface area (Å²) in [6.07, 6.45) is -8.42. The first-order valence-electron chi connectivity index (χ1n) is 9.32. The van der Waals surface area contributed by atoms with Crippen molar-refractivity contribution in [2.45, 2.75) is 65.3 Å². The zero-order valence-corrected chi connectivity index (χ0v) is 16.4. The summed E-state index contributed by atoms with van der Waals surface area (Å²) < 4.78 is 17.0. The molecule has 0 saturated carbocycles. The molecule has 2 aliphatic heterocycles. The number of hydrogen-bond donors (Lipinski definition) is 7. The fourth-order valence-corrected chi connectivity index (χ4v) is 4.47. The van der Waals surface area contributed by atoms with Crippen LogP contribution in [-0.4, -0.2) is 99.2 Å². The van der Waals surface area contributed by atoms with Crippen LogP contribution in [0.3, 0.4) is 0 Å². The van der Waals surface area contributed by atoms with Gasteiger partial charge in [-0.2, -0.15) is 0 Å². The quantitative estimate of drug-likeness (QED) is 0.249. The van der Waals surface area contributed by atoms with Gasteiger partial charge in [-0.15, -0.1) is 0 Å². The zero-order chi connectivity index (χ0) is 21.1. The van der Waals surface area contributed by atoms with Gasteiger partial charge in [0.15, 0.2) is 6.29 Å². The van der Waals surface area contributed by atoms with Gasteiger partial charge in [0.25, 0.3) is 0 Å². The summed E-state index contributed by atoms with van der Waals surface area (Å²) in [5, 5.41) is 49.8. The van der Waals surface area contributed by atoms with Crippen molar-refractivity contribution >= 4 is 11.8 Å². The van der Waals surface area contributed by atoms with Crippen LogP contribution >= 0.6 is 11.8 Å². The molecule has 2 aliphatic rings. The third-order valence-electron chi connectivity index (χ3n) is 5.12. The SMILES string of the molecule is N[C@@H]1[C@@H](O)[C@H](O[C@@H]2O[C@H](CO)[C@@H](O)[C@H](O)[C@H]2N)[C@@H](CO)O[C@H]1Sc1ccccc1. The minimum atomic E-state index is -1.41. The molecule has 0 aromatic heterocycles. The Labute approximate surface area is 172 Å². The highest BCUT2D eigenvalue weighted by atomic mass is 32.2. The number of aliphatic hydroxyl groups excluding tert-OH is 5. The number of aliphatic hydroxyl groups is 5. The molecule has 11 heteroatoms. The summed E-state index contributed by atoms with van der Waals surface area (Å²) in [7, 11) is 0. The minimum Gasteiger partial charge on any atom is -0.394 e. The average molecular weight is 432 g/mol. The maximum absolute atomic E-state index is 10.7. The molecule has 0 unspecified atom stereocenters. The van der Waals surface area contributed by atoms with Crippen molar-refractivity contribution in [3.63, 3.8) is 0 Å². The number of hydrogen-bond acceptors (Lipinski definition) is 11. The highest BCUT2D eigenvalue weighted by Crippen LogP contribution is 2.34. The molecule has 1 aromatic rings. The van der Waals surface area contributed by atoms with Gasteiger partial charge in [-0.05, 0) is 12.1 Å². The predicted octanol–water partition coefficient (Wildman–Crippen LogP) is -2.66. The Balaban J connectivity index is 1.71. The number of ether oxygens (including phenoxy) is 3. The maximum Gasteiger partial charge on any atom is 0.176 e. The van der Waals surface area contributed by atoms with Crippen LogP contribution in [0.5, 0.6) is 0 Å². The summed E-state index contributed by atoms with van der Waals surface area (Å²) in [5.41, 5.74) is 11.4. The normalized spacial score (nSPS) is 43.3. The summed E-state index contributed by atoms with van der Waals surface area (Å²) in [6, 6.07) is 7.35. The molecule has 9 N–H and O–H groups in total. The third-order valence-corrected chi connectivity index (χ3v) is 6.32. The van der Waals surface area contributed by atoms with Crippen molar-refractivity contribution in [1.29, 1.82) is 0 Å². The van der Waals surface area contributed by atoms with E-state index in [4.69, 9.17) is 25.7 Å². The van der Waals surface area contributed by atoms with Crippen LogP contribution in [-0.2, 0) is 14.2 Å². The fourth-order valence-electron chi connectivity index (χ4n) is 3.38. The van der Waals surface area contributed by atoms with Gasteiger partial charge in [0, 0.05) is 4.90 Å². The first kappa shape index (κ1) is 22.8. The van der Waals surface area contributed by atoms with Crippen LogP contribution in [0.15, 0.2) is 35.2 Å². The molecule has 3 rings (SSSR count). The molecule has 2 saturated heterocycles. The van der Waals surface area contributed by atoms with E-state index >= 15 is 0 Å². The zero-order valence-electron chi connectivity index (χ0n) is 15.6. The van der Waals surface area contributed by atoms with Crippen molar-refractivity contribution in [3.8, 4) is 0 Å². The van der Waals surface area contributed by atoms with E-state index in [1.165, 1.54) is 11.8 Å². The molecular weight excluding hydrogens is 404 g/mol. The first-order valence-corrected chi connectivity index (χ1v) is 10.2. The smallest absolute Gasteiger partial charge is 0.176 e. The number of rotatable bonds is 6. The van der Waals surface area contributed by atoms with Crippen LogP contribution in [0.4, 0.5) is 0 Å². The van der Waals surface area contributed by atoms with Gasteiger partial charge >= 0.3 is 0 Å². The first-order chi connectivity index (χ1) is 13.9. The van der Waals surface area contributed by atoms with Gasteiger partial charge < -0.3 is 51.2 Å². The van der Waals surface area contributed by atoms with Crippen molar-refractivity contribution in [1.82, 2.24) is 0 Å². The molecule has 29 heavy (non-hydrogen) atoms. The van der Waals surface area contributed by atoms with E-state index in [0.29, 0.717) is 0 Å². The molecule has 0 aliphatic carbocycles. The lowest BCUT2D eigenvalue weighted by Gasteiger charge is -2.46. The highest BCUT2D eigenvalue weighted by Gasteiger charge is 2.49. The monoisotopic (exact) mass is 432 g/mol. The second-order valence-corrected chi connectivity index (χ2v) is 8.28. The van der Waals surface area contributed by atoms with E-state index in [1.807, 2.05) is 30.3 Å². The largest absolute Gasteiger partial charge is 0.394 e. The number of nitrogens with two attached hydrogens (primary N) is 2. The molecule has 1 aromatic carbocycles. The lowest BCUT2D eigenvalue weighted by atomic mass is 9.96. The Morgan fingerprint density at radius 1 is 0.862 bits per heavy atom. The molecule has 0 amide bonds. The Morgan fingerprint density at radius 2 is 1.52 bits per heavy atom. The van der Waals surface area contributed by atoms with Gasteiger partial charge in [0.05, 0.1) is 25.3 Å². The van der Waals surface area contributed by atoms with Gasteiger partial charge in [0.2, 0.25) is 0 Å². The van der Waals surface area contributed by atoms with Crippen LogP contribution in [0.25, 0.3) is 0 Å². The third kappa shape index (κ3) is 4.92. The number of benzene rings is 1. The van der Waals surface area contributed by atoms with Gasteiger partial charge in [-0.1, -0.05) is 30.0 Å². The van der Waals surface area contributed by atoms with Crippen LogP contribution in [0, 0.1) is 0 Å². The summed E-state index contributed by atoms with van der Waals surface area (Å²) in [4.78, 5) is 0.886. The molecule has 10 atom stereocenters. The molecule has 0 bridgehead atoms. The van der Waals surface area contributed by atoms with Crippen molar-refractivity contribution < 1.29 is 39.7 Å². The topological polar surface area (TPSA) is 181 Å². The number of thioether (sulfide) groups is 1. The predicted molar refractivity (Wildman–Crippen MR) is 103 cm³/mol. The van der Waals surface area contributed by atoms with Gasteiger partial charge in [0.1, 0.15) is 42.1 Å². The Hall–Kier alpha value is -0.830. The van der Waals surface area contributed by atoms with Crippen molar-refractivity contribution in [2.24, 2.45) is 11.5 Å². The summed E-state index contributed by atoms with van der Waals surface area (Å²) >= 11 is 1.31. The lowest BCUT2D eigenvalue weighted by Crippen LogP contribution is -2.67. The average Bonchev–Trinajstić information content (AvgIpc) is 2.74. The van der Waals surface area contributed by atoms with E-state index < -0.39 is 73.6 Å². The summed E-state index contributed by atoms with van der Waals surface area (Å²) in [6.45, 7) is -1.02. The van der Waals surface area contributed by atoms with Crippen molar-refractivity contribution in [2.75, 3.05) is 13.2 Å². The van der Waals surface area contributed by atoms with Crippen LogP contribution in [0.2, 0.25) is 0 Å². The molecule has 0 radical (unpaired) electrons. The second kappa shape index (κ2) is 9.98. The highest BCUT2D eigenvalue weighted by molar-refractivity contribution is 7.99. The van der Waals surface area contributed by atoms with Gasteiger partial charge in [-0.3, -0.25) is 0 Å². The Morgan fingerprint density at radius 3 is 2.14 bits per heavy atom. The molecule has 10 nitrogen and oxygen atoms in total. The molecule has 2 heterocycles.